The van der Waals surface area contributed by atoms with Gasteiger partial charge >= 0.3 is 12.1 Å². The maximum absolute atomic E-state index is 14.8. The SMILES string of the molecule is CCC1(c2ccc3oc(C4(PCN5Cc6ccc(OC)c(F)c6C5=O)NC(=O)NC4=O)cc3c2)NC(=O)NC1=O. The van der Waals surface area contributed by atoms with Crippen molar-refractivity contribution in [2.45, 2.75) is 30.7 Å². The second-order valence-corrected chi connectivity index (χ2v) is 11.1. The summed E-state index contributed by atoms with van der Waals surface area (Å²) in [6.45, 7) is 1.90. The molecule has 2 aromatic carbocycles. The van der Waals surface area contributed by atoms with E-state index in [4.69, 9.17) is 9.15 Å². The summed E-state index contributed by atoms with van der Waals surface area (Å²) in [6.07, 6.45) is 0.319. The van der Waals surface area contributed by atoms with E-state index in [-0.39, 0.29) is 29.9 Å². The van der Waals surface area contributed by atoms with Gasteiger partial charge in [0.1, 0.15) is 16.9 Å². The van der Waals surface area contributed by atoms with Crippen LogP contribution >= 0.6 is 8.58 Å². The van der Waals surface area contributed by atoms with Gasteiger partial charge in [0.25, 0.3) is 17.7 Å². The molecule has 3 unspecified atom stereocenters. The lowest BCUT2D eigenvalue weighted by atomic mass is 9.87. The number of ether oxygens (including phenoxy) is 1. The van der Waals surface area contributed by atoms with Crippen LogP contribution < -0.4 is 26.0 Å². The molecule has 0 radical (unpaired) electrons. The number of carbonyl (C=O) groups is 5. The number of hydrogen-bond donors (Lipinski definition) is 4. The number of nitrogens with zero attached hydrogens (tertiary/aromatic N) is 1. The van der Waals surface area contributed by atoms with Gasteiger partial charge in [-0.3, -0.25) is 25.0 Å². The third-order valence-corrected chi connectivity index (χ3v) is 9.20. The van der Waals surface area contributed by atoms with Crippen LogP contribution in [-0.4, -0.2) is 48.1 Å². The maximum Gasteiger partial charge on any atom is 0.323 e. The highest BCUT2D eigenvalue weighted by atomic mass is 31.1. The number of imide groups is 2. The molecule has 3 aliphatic rings. The zero-order chi connectivity index (χ0) is 28.4. The fourth-order valence-corrected chi connectivity index (χ4v) is 6.78. The number of urea groups is 2. The minimum absolute atomic E-state index is 0.0242. The molecule has 7 amide bonds. The van der Waals surface area contributed by atoms with Gasteiger partial charge in [-0.05, 0) is 41.8 Å². The molecule has 0 spiro atoms. The molecule has 0 saturated carbocycles. The van der Waals surface area contributed by atoms with Crippen LogP contribution in [-0.2, 0) is 27.0 Å². The number of hydrogen-bond acceptors (Lipinski definition) is 7. The van der Waals surface area contributed by atoms with Crippen molar-refractivity contribution in [1.82, 2.24) is 26.2 Å². The van der Waals surface area contributed by atoms with Crippen LogP contribution in [0.4, 0.5) is 14.0 Å². The Balaban J connectivity index is 1.32. The second kappa shape index (κ2) is 9.02. The van der Waals surface area contributed by atoms with E-state index in [9.17, 15) is 28.4 Å². The molecule has 40 heavy (non-hydrogen) atoms. The fourth-order valence-electron chi connectivity index (χ4n) is 5.38. The molecule has 4 N–H and O–H groups in total. The molecule has 12 nitrogen and oxygen atoms in total. The standard InChI is InChI=1S/C26H23FN5O7P/c1-3-25(21(34)28-23(36)30-25)14-5-7-15-13(8-14)9-17(39-15)26(22(35)29-24(37)31-26)40-11-32-10-12-4-6-16(38-2)19(27)18(12)20(32)33/h4-9,40H,3,10-11H2,1-2H3,(H2,28,30,34,36)(H2,29,31,35,37). The normalized spacial score (nSPS) is 24.1. The Hall–Kier alpha value is -4.51. The largest absolute Gasteiger partial charge is 0.494 e. The van der Waals surface area contributed by atoms with Gasteiger partial charge in [-0.2, -0.15) is 0 Å². The highest BCUT2D eigenvalue weighted by Gasteiger charge is 2.51. The van der Waals surface area contributed by atoms with Gasteiger partial charge in [0.2, 0.25) is 0 Å². The van der Waals surface area contributed by atoms with E-state index >= 15 is 0 Å². The Kier molecular flexibility index (Phi) is 5.81. The van der Waals surface area contributed by atoms with E-state index in [1.807, 2.05) is 0 Å². The van der Waals surface area contributed by atoms with Gasteiger partial charge in [-0.15, -0.1) is 0 Å². The molecule has 2 saturated heterocycles. The first-order valence-electron chi connectivity index (χ1n) is 12.3. The van der Waals surface area contributed by atoms with E-state index in [1.54, 1.807) is 37.3 Å². The van der Waals surface area contributed by atoms with E-state index < -0.39 is 55.0 Å². The van der Waals surface area contributed by atoms with Crippen LogP contribution in [0, 0.1) is 5.82 Å². The van der Waals surface area contributed by atoms with Crippen molar-refractivity contribution in [3.8, 4) is 5.75 Å². The smallest absolute Gasteiger partial charge is 0.323 e. The quantitative estimate of drug-likeness (QED) is 0.252. The van der Waals surface area contributed by atoms with Crippen molar-refractivity contribution in [3.05, 3.63) is 64.7 Å². The van der Waals surface area contributed by atoms with Crippen LogP contribution in [0.5, 0.6) is 5.75 Å². The average molecular weight is 567 g/mol. The number of carbonyl (C=O) groups excluding carboxylic acids is 5. The maximum atomic E-state index is 14.8. The van der Waals surface area contributed by atoms with Gasteiger partial charge in [0, 0.05) is 18.2 Å². The van der Waals surface area contributed by atoms with Crippen molar-refractivity contribution in [1.29, 1.82) is 0 Å². The number of rotatable bonds is 7. The number of fused-ring (bicyclic) bond motifs is 2. The predicted molar refractivity (Wildman–Crippen MR) is 139 cm³/mol. The number of halogens is 1. The van der Waals surface area contributed by atoms with Crippen molar-refractivity contribution < 1.29 is 37.5 Å². The molecule has 206 valence electrons. The summed E-state index contributed by atoms with van der Waals surface area (Å²) in [7, 11) is 0.919. The van der Waals surface area contributed by atoms with Gasteiger partial charge in [0.15, 0.2) is 16.8 Å². The third kappa shape index (κ3) is 3.64. The minimum atomic E-state index is -1.62. The first-order valence-corrected chi connectivity index (χ1v) is 13.5. The second-order valence-electron chi connectivity index (χ2n) is 9.64. The average Bonchev–Trinajstić information content (AvgIpc) is 3.65. The Morgan fingerprint density at radius 2 is 1.77 bits per heavy atom. The lowest BCUT2D eigenvalue weighted by Gasteiger charge is -2.26. The highest BCUT2D eigenvalue weighted by Crippen LogP contribution is 2.46. The van der Waals surface area contributed by atoms with Gasteiger partial charge in [-0.25, -0.2) is 14.0 Å². The van der Waals surface area contributed by atoms with Crippen LogP contribution in [0.2, 0.25) is 0 Å². The first-order chi connectivity index (χ1) is 19.1. The lowest BCUT2D eigenvalue weighted by Crippen LogP contribution is -2.43. The van der Waals surface area contributed by atoms with Gasteiger partial charge in [-0.1, -0.05) is 27.6 Å². The van der Waals surface area contributed by atoms with Crippen LogP contribution in [0.1, 0.15) is 40.6 Å². The molecule has 3 atom stereocenters. The number of methoxy groups -OCH3 is 1. The Labute approximate surface area is 227 Å². The molecule has 1 aromatic heterocycles. The van der Waals surface area contributed by atoms with E-state index in [0.29, 0.717) is 28.5 Å². The van der Waals surface area contributed by atoms with Crippen LogP contribution in [0.15, 0.2) is 40.8 Å². The summed E-state index contributed by atoms with van der Waals surface area (Å²) in [4.78, 5) is 64.4. The minimum Gasteiger partial charge on any atom is -0.494 e. The molecule has 3 aromatic rings. The Morgan fingerprint density at radius 1 is 1.02 bits per heavy atom. The summed E-state index contributed by atoms with van der Waals surface area (Å²) < 4.78 is 25.8. The zero-order valence-corrected chi connectivity index (χ0v) is 22.3. The van der Waals surface area contributed by atoms with E-state index in [2.05, 4.69) is 21.3 Å². The number of furan rings is 1. The molecule has 14 heteroatoms. The number of benzene rings is 2. The van der Waals surface area contributed by atoms with E-state index in [1.165, 1.54) is 18.1 Å². The van der Waals surface area contributed by atoms with Crippen LogP contribution in [0.3, 0.4) is 0 Å². The zero-order valence-electron chi connectivity index (χ0n) is 21.3. The predicted octanol–water partition coefficient (Wildman–Crippen LogP) is 2.31. The lowest BCUT2D eigenvalue weighted by molar-refractivity contribution is -0.124. The van der Waals surface area contributed by atoms with Gasteiger partial charge in [0.05, 0.1) is 12.7 Å². The topological polar surface area (TPSA) is 159 Å². The molecule has 4 heterocycles. The monoisotopic (exact) mass is 567 g/mol. The first kappa shape index (κ1) is 25.8. The van der Waals surface area contributed by atoms with Crippen LogP contribution in [0.25, 0.3) is 11.0 Å². The van der Waals surface area contributed by atoms with Crippen molar-refractivity contribution in [2.24, 2.45) is 0 Å². The summed E-state index contributed by atoms with van der Waals surface area (Å²) in [5.41, 5.74) is 0.0529. The summed E-state index contributed by atoms with van der Waals surface area (Å²) in [6, 6.07) is 8.28. The molecule has 0 aliphatic carbocycles. The molecule has 3 aliphatic heterocycles. The van der Waals surface area contributed by atoms with Crippen molar-refractivity contribution in [3.63, 3.8) is 0 Å². The molecule has 2 fully saturated rings. The number of amides is 7. The van der Waals surface area contributed by atoms with Gasteiger partial charge < -0.3 is 24.7 Å². The molecule has 0 bridgehead atoms. The third-order valence-electron chi connectivity index (χ3n) is 7.53. The Bertz CT molecular complexity index is 1660. The fraction of sp³-hybridized carbons (Fsp3) is 0.269. The molecule has 6 rings (SSSR count). The van der Waals surface area contributed by atoms with E-state index in [0.717, 1.165) is 0 Å². The summed E-state index contributed by atoms with van der Waals surface area (Å²) >= 11 is 0. The number of nitrogens with one attached hydrogen (secondary N) is 4. The molecular weight excluding hydrogens is 544 g/mol. The molecular formula is C26H23FN5O7P. The summed E-state index contributed by atoms with van der Waals surface area (Å²) in [5.74, 6) is -2.34. The highest BCUT2D eigenvalue weighted by molar-refractivity contribution is 7.41. The Morgan fingerprint density at radius 3 is 2.42 bits per heavy atom. The van der Waals surface area contributed by atoms with Crippen molar-refractivity contribution >= 4 is 49.3 Å². The van der Waals surface area contributed by atoms with Crippen molar-refractivity contribution in [2.75, 3.05) is 13.4 Å². The summed E-state index contributed by atoms with van der Waals surface area (Å²) in [5, 5.41) is 8.74.